The second-order valence-electron chi connectivity index (χ2n) is 9.83. The maximum Gasteiger partial charge on any atom is 0.200 e. The molecule has 3 rings (SSSR count). The summed E-state index contributed by atoms with van der Waals surface area (Å²) in [5, 5.41) is 0.539. The Hall–Kier alpha value is -1.95. The van der Waals surface area contributed by atoms with Crippen LogP contribution < -0.4 is 10.3 Å². The van der Waals surface area contributed by atoms with Gasteiger partial charge in [-0.25, -0.2) is 4.21 Å². The number of benzene rings is 1. The fourth-order valence-corrected chi connectivity index (χ4v) is 4.08. The van der Waals surface area contributed by atoms with Gasteiger partial charge in [0.25, 0.3) is 0 Å². The van der Waals surface area contributed by atoms with Gasteiger partial charge in [-0.15, -0.1) is 0 Å². The molecule has 0 aliphatic carbocycles. The summed E-state index contributed by atoms with van der Waals surface area (Å²) in [6, 6.07) is 5.40. The molecular weight excluding hydrogens is 384 g/mol. The Labute approximate surface area is 175 Å². The van der Waals surface area contributed by atoms with Gasteiger partial charge < -0.3 is 9.32 Å². The number of fused-ring (bicyclic) bond motifs is 1. The molecule has 1 aromatic heterocycles. The standard InChI is InChI=1S/C23H32N2O3S/c1-15-12-17(16(2)24-29(27)22(3,4)5)21-18(13-15)19(26)14-20(28-21)25-10-8-23(6,7)9-11-25/h12-14H,8-11H2,1-7H3/t29-/m1/s1. The first-order chi connectivity index (χ1) is 13.4. The van der Waals surface area contributed by atoms with Crippen molar-refractivity contribution in [3.05, 3.63) is 39.5 Å². The molecule has 1 fully saturated rings. The molecule has 6 heteroatoms. The lowest BCUT2D eigenvalue weighted by atomic mass is 9.83. The van der Waals surface area contributed by atoms with Gasteiger partial charge in [0.15, 0.2) is 11.3 Å². The minimum atomic E-state index is -1.38. The highest BCUT2D eigenvalue weighted by molar-refractivity contribution is 7.85. The summed E-state index contributed by atoms with van der Waals surface area (Å²) in [6.07, 6.45) is 2.11. The number of rotatable bonds is 3. The van der Waals surface area contributed by atoms with Crippen LogP contribution in [0.4, 0.5) is 5.88 Å². The van der Waals surface area contributed by atoms with Crippen molar-refractivity contribution in [1.82, 2.24) is 0 Å². The van der Waals surface area contributed by atoms with Crippen molar-refractivity contribution in [2.75, 3.05) is 18.0 Å². The van der Waals surface area contributed by atoms with Gasteiger partial charge in [-0.2, -0.15) is 4.40 Å². The van der Waals surface area contributed by atoms with Crippen LogP contribution in [0.5, 0.6) is 0 Å². The van der Waals surface area contributed by atoms with Gasteiger partial charge in [0.05, 0.1) is 15.8 Å². The Morgan fingerprint density at radius 3 is 2.38 bits per heavy atom. The number of aryl methyl sites for hydroxylation is 1. The topological polar surface area (TPSA) is 62.9 Å². The first-order valence-electron chi connectivity index (χ1n) is 10.2. The summed E-state index contributed by atoms with van der Waals surface area (Å²) >= 11 is 0. The van der Waals surface area contributed by atoms with E-state index in [2.05, 4.69) is 23.1 Å². The van der Waals surface area contributed by atoms with Crippen molar-refractivity contribution < 1.29 is 8.63 Å². The molecule has 1 aromatic carbocycles. The van der Waals surface area contributed by atoms with E-state index in [-0.39, 0.29) is 5.43 Å². The highest BCUT2D eigenvalue weighted by Crippen LogP contribution is 2.33. The maximum absolute atomic E-state index is 12.9. The van der Waals surface area contributed by atoms with Crippen molar-refractivity contribution >= 4 is 33.6 Å². The minimum Gasteiger partial charge on any atom is -0.440 e. The van der Waals surface area contributed by atoms with Crippen molar-refractivity contribution in [2.45, 2.75) is 66.1 Å². The third-order valence-corrected chi connectivity index (χ3v) is 7.01. The predicted molar refractivity (Wildman–Crippen MR) is 123 cm³/mol. The average Bonchev–Trinajstić information content (AvgIpc) is 2.60. The molecule has 1 aliphatic heterocycles. The lowest BCUT2D eigenvalue weighted by Gasteiger charge is -2.37. The van der Waals surface area contributed by atoms with Crippen molar-refractivity contribution in [2.24, 2.45) is 9.81 Å². The first kappa shape index (κ1) is 21.8. The van der Waals surface area contributed by atoms with Crippen molar-refractivity contribution in [3.63, 3.8) is 0 Å². The monoisotopic (exact) mass is 416 g/mol. The fourth-order valence-electron chi connectivity index (χ4n) is 3.46. The van der Waals surface area contributed by atoms with Crippen LogP contribution in [0.3, 0.4) is 0 Å². The van der Waals surface area contributed by atoms with E-state index >= 15 is 0 Å². The molecule has 0 unspecified atom stereocenters. The van der Waals surface area contributed by atoms with E-state index in [1.165, 1.54) is 0 Å². The van der Waals surface area contributed by atoms with E-state index < -0.39 is 15.7 Å². The molecule has 5 nitrogen and oxygen atoms in total. The molecule has 0 spiro atoms. The van der Waals surface area contributed by atoms with Crippen LogP contribution in [0.25, 0.3) is 11.0 Å². The van der Waals surface area contributed by atoms with Crippen molar-refractivity contribution in [3.8, 4) is 0 Å². The number of hydrogen-bond acceptors (Lipinski definition) is 4. The minimum absolute atomic E-state index is 0.0548. The number of nitrogens with zero attached hydrogens (tertiary/aromatic N) is 2. The predicted octanol–water partition coefficient (Wildman–Crippen LogP) is 5.00. The zero-order chi connectivity index (χ0) is 21.6. The van der Waals surface area contributed by atoms with E-state index in [1.807, 2.05) is 46.8 Å². The average molecular weight is 417 g/mol. The second-order valence-corrected chi connectivity index (χ2v) is 11.7. The van der Waals surface area contributed by atoms with E-state index in [1.54, 1.807) is 6.07 Å². The smallest absolute Gasteiger partial charge is 0.200 e. The SMILES string of the molecule is CC(=N[S@](=O)C(C)(C)C)c1cc(C)cc2c(=O)cc(N3CCC(C)(C)CC3)oc12. The molecule has 1 aliphatic rings. The molecule has 158 valence electrons. The van der Waals surface area contributed by atoms with Gasteiger partial charge in [0.1, 0.15) is 16.6 Å². The second kappa shape index (κ2) is 7.71. The third kappa shape index (κ3) is 4.80. The molecule has 29 heavy (non-hydrogen) atoms. The molecule has 0 bridgehead atoms. The highest BCUT2D eigenvalue weighted by atomic mass is 32.2. The van der Waals surface area contributed by atoms with E-state index in [0.717, 1.165) is 37.1 Å². The van der Waals surface area contributed by atoms with E-state index in [0.29, 0.717) is 28.0 Å². The van der Waals surface area contributed by atoms with E-state index in [4.69, 9.17) is 4.42 Å². The van der Waals surface area contributed by atoms with Gasteiger partial charge in [0, 0.05) is 24.7 Å². The number of hydrogen-bond donors (Lipinski definition) is 0. The molecule has 2 heterocycles. The molecular formula is C23H32N2O3S. The van der Waals surface area contributed by atoms with Crippen LogP contribution in [0.2, 0.25) is 0 Å². The summed E-state index contributed by atoms with van der Waals surface area (Å²) < 4.78 is 22.8. The first-order valence-corrected chi connectivity index (χ1v) is 11.3. The zero-order valence-corrected chi connectivity index (χ0v) is 19.4. The number of anilines is 1. The van der Waals surface area contributed by atoms with Gasteiger partial charge in [-0.3, -0.25) is 4.79 Å². The maximum atomic E-state index is 12.9. The Morgan fingerprint density at radius 1 is 1.17 bits per heavy atom. The zero-order valence-electron chi connectivity index (χ0n) is 18.6. The third-order valence-electron chi connectivity index (χ3n) is 5.52. The van der Waals surface area contributed by atoms with Crippen LogP contribution >= 0.6 is 0 Å². The van der Waals surface area contributed by atoms with Gasteiger partial charge in [-0.05, 0) is 70.6 Å². The summed E-state index contributed by atoms with van der Waals surface area (Å²) in [5.74, 6) is 0.604. The van der Waals surface area contributed by atoms with Crippen LogP contribution in [0.1, 0.15) is 65.5 Å². The Bertz CT molecular complexity index is 1030. The van der Waals surface area contributed by atoms with Crippen LogP contribution in [-0.4, -0.2) is 27.8 Å². The normalized spacial score (nSPS) is 18.9. The quantitative estimate of drug-likeness (QED) is 0.661. The van der Waals surface area contributed by atoms with Gasteiger partial charge >= 0.3 is 0 Å². The lowest BCUT2D eigenvalue weighted by molar-refractivity contribution is 0.274. The Morgan fingerprint density at radius 2 is 1.79 bits per heavy atom. The molecule has 0 N–H and O–H groups in total. The van der Waals surface area contributed by atoms with Gasteiger partial charge in [-0.1, -0.05) is 13.8 Å². The van der Waals surface area contributed by atoms with Crippen LogP contribution in [0.15, 0.2) is 31.8 Å². The molecule has 0 saturated carbocycles. The molecule has 0 amide bonds. The van der Waals surface area contributed by atoms with Gasteiger partial charge in [0.2, 0.25) is 0 Å². The van der Waals surface area contributed by atoms with Crippen LogP contribution in [0, 0.1) is 12.3 Å². The van der Waals surface area contributed by atoms with E-state index in [9.17, 15) is 9.00 Å². The lowest BCUT2D eigenvalue weighted by Crippen LogP contribution is -2.37. The molecule has 0 radical (unpaired) electrons. The largest absolute Gasteiger partial charge is 0.440 e. The fraction of sp³-hybridized carbons (Fsp3) is 0.565. The number of piperidine rings is 1. The summed E-state index contributed by atoms with van der Waals surface area (Å²) in [5.41, 5.74) is 3.08. The summed E-state index contributed by atoms with van der Waals surface area (Å²) in [7, 11) is -1.38. The molecule has 2 aromatic rings. The summed E-state index contributed by atoms with van der Waals surface area (Å²) in [4.78, 5) is 15.0. The van der Waals surface area contributed by atoms with Crippen LogP contribution in [-0.2, 0) is 11.0 Å². The van der Waals surface area contributed by atoms with Crippen molar-refractivity contribution in [1.29, 1.82) is 0 Å². The Balaban J connectivity index is 2.11. The molecule has 1 saturated heterocycles. The molecule has 1 atom stereocenters. The summed E-state index contributed by atoms with van der Waals surface area (Å²) in [6.45, 7) is 15.7. The highest BCUT2D eigenvalue weighted by Gasteiger charge is 2.27. The Kier molecular flexibility index (Phi) is 5.78.